The highest BCUT2D eigenvalue weighted by Crippen LogP contribution is 2.12. The van der Waals surface area contributed by atoms with Gasteiger partial charge in [0, 0.05) is 16.9 Å². The average molecular weight is 293 g/mol. The van der Waals surface area contributed by atoms with Gasteiger partial charge in [-0.05, 0) is 43.3 Å². The fraction of sp³-hybridized carbons (Fsp3) is 0.118. The zero-order chi connectivity index (χ0) is 15.9. The first-order valence-corrected chi connectivity index (χ1v) is 6.73. The summed E-state index contributed by atoms with van der Waals surface area (Å²) in [6, 6.07) is 15.7. The lowest BCUT2D eigenvalue weighted by atomic mass is 10.1. The summed E-state index contributed by atoms with van der Waals surface area (Å²) in [7, 11) is 0. The molecule has 0 saturated carbocycles. The molecule has 0 aliphatic heterocycles. The molecule has 5 nitrogen and oxygen atoms in total. The van der Waals surface area contributed by atoms with E-state index in [0.717, 1.165) is 5.69 Å². The lowest BCUT2D eigenvalue weighted by Gasteiger charge is -2.08. The molecule has 0 aliphatic carbocycles. The van der Waals surface area contributed by atoms with Crippen LogP contribution in [0.5, 0.6) is 0 Å². The van der Waals surface area contributed by atoms with E-state index in [-0.39, 0.29) is 18.2 Å². The van der Waals surface area contributed by atoms with Crippen molar-refractivity contribution in [2.45, 2.75) is 6.92 Å². The number of ketones is 1. The second kappa shape index (κ2) is 7.04. The van der Waals surface area contributed by atoms with Crippen LogP contribution in [0.1, 0.15) is 22.8 Å². The molecule has 0 unspecified atom stereocenters. The van der Waals surface area contributed by atoms with Crippen molar-refractivity contribution in [1.29, 1.82) is 5.26 Å². The fourth-order valence-corrected chi connectivity index (χ4v) is 1.87. The Kier molecular flexibility index (Phi) is 4.89. The van der Waals surface area contributed by atoms with Crippen LogP contribution in [0.15, 0.2) is 48.5 Å². The lowest BCUT2D eigenvalue weighted by Crippen LogP contribution is -2.21. The Balaban J connectivity index is 1.91. The molecule has 0 radical (unpaired) electrons. The predicted octanol–water partition coefficient (Wildman–Crippen LogP) is 2.81. The molecular formula is C17H15N3O2. The molecule has 1 amide bonds. The zero-order valence-corrected chi connectivity index (χ0v) is 12.1. The number of nitrogens with zero attached hydrogens (tertiary/aromatic N) is 1. The Morgan fingerprint density at radius 2 is 1.82 bits per heavy atom. The van der Waals surface area contributed by atoms with Gasteiger partial charge in [-0.25, -0.2) is 0 Å². The molecule has 0 spiro atoms. The van der Waals surface area contributed by atoms with Gasteiger partial charge < -0.3 is 10.6 Å². The summed E-state index contributed by atoms with van der Waals surface area (Å²) in [6.07, 6.45) is 0. The number of Topliss-reactive ketones (excluding diaryl/α,β-unsaturated/α-hetero) is 1. The molecule has 22 heavy (non-hydrogen) atoms. The predicted molar refractivity (Wildman–Crippen MR) is 84.7 cm³/mol. The first-order chi connectivity index (χ1) is 10.6. The van der Waals surface area contributed by atoms with E-state index in [2.05, 4.69) is 10.6 Å². The number of carbonyl (C=O) groups is 2. The van der Waals surface area contributed by atoms with Gasteiger partial charge in [0.15, 0.2) is 5.78 Å². The van der Waals surface area contributed by atoms with Crippen LogP contribution >= 0.6 is 0 Å². The quantitative estimate of drug-likeness (QED) is 0.830. The van der Waals surface area contributed by atoms with Crippen molar-refractivity contribution in [2.24, 2.45) is 0 Å². The van der Waals surface area contributed by atoms with Crippen LogP contribution in [0.25, 0.3) is 0 Å². The van der Waals surface area contributed by atoms with Crippen LogP contribution in [0, 0.1) is 11.3 Å². The van der Waals surface area contributed by atoms with E-state index in [1.165, 1.54) is 6.92 Å². The standard InChI is InChI=1S/C17H15N3O2/c1-12(21)14-3-2-4-16(9-14)20-17(22)11-19-15-7-5-13(10-18)6-8-15/h2-9,19H,11H2,1H3,(H,20,22). The third kappa shape index (κ3) is 4.18. The van der Waals surface area contributed by atoms with Crippen molar-refractivity contribution < 1.29 is 9.59 Å². The van der Waals surface area contributed by atoms with E-state index in [0.29, 0.717) is 16.8 Å². The van der Waals surface area contributed by atoms with Crippen molar-refractivity contribution >= 4 is 23.1 Å². The van der Waals surface area contributed by atoms with Crippen molar-refractivity contribution in [3.8, 4) is 6.07 Å². The summed E-state index contributed by atoms with van der Waals surface area (Å²) < 4.78 is 0. The van der Waals surface area contributed by atoms with E-state index in [4.69, 9.17) is 5.26 Å². The van der Waals surface area contributed by atoms with E-state index in [1.54, 1.807) is 48.5 Å². The molecule has 5 heteroatoms. The molecule has 2 rings (SSSR count). The molecule has 0 fully saturated rings. The van der Waals surface area contributed by atoms with Gasteiger partial charge in [0.2, 0.25) is 5.91 Å². The number of amides is 1. The maximum atomic E-state index is 11.9. The van der Waals surface area contributed by atoms with E-state index < -0.39 is 0 Å². The highest BCUT2D eigenvalue weighted by atomic mass is 16.2. The van der Waals surface area contributed by atoms with Gasteiger partial charge >= 0.3 is 0 Å². The zero-order valence-electron chi connectivity index (χ0n) is 12.1. The Morgan fingerprint density at radius 1 is 1.09 bits per heavy atom. The Hall–Kier alpha value is -3.13. The molecule has 2 aromatic rings. The summed E-state index contributed by atoms with van der Waals surface area (Å²) in [6.45, 7) is 1.57. The number of nitriles is 1. The topological polar surface area (TPSA) is 82.0 Å². The van der Waals surface area contributed by atoms with Crippen LogP contribution in [-0.2, 0) is 4.79 Å². The van der Waals surface area contributed by atoms with Gasteiger partial charge in [-0.3, -0.25) is 9.59 Å². The highest BCUT2D eigenvalue weighted by Gasteiger charge is 2.05. The smallest absolute Gasteiger partial charge is 0.243 e. The monoisotopic (exact) mass is 293 g/mol. The third-order valence-corrected chi connectivity index (χ3v) is 3.02. The van der Waals surface area contributed by atoms with Crippen molar-refractivity contribution in [3.63, 3.8) is 0 Å². The van der Waals surface area contributed by atoms with Crippen LogP contribution in [0.3, 0.4) is 0 Å². The molecule has 0 aliphatic rings. The van der Waals surface area contributed by atoms with Crippen LogP contribution < -0.4 is 10.6 Å². The fourth-order valence-electron chi connectivity index (χ4n) is 1.87. The Bertz CT molecular complexity index is 730. The molecule has 0 heterocycles. The summed E-state index contributed by atoms with van der Waals surface area (Å²) in [4.78, 5) is 23.2. The second-order valence-electron chi connectivity index (χ2n) is 4.73. The number of nitrogens with one attached hydrogen (secondary N) is 2. The first kappa shape index (κ1) is 15.3. The minimum Gasteiger partial charge on any atom is -0.376 e. The molecular weight excluding hydrogens is 278 g/mol. The van der Waals surface area contributed by atoms with E-state index in [9.17, 15) is 9.59 Å². The first-order valence-electron chi connectivity index (χ1n) is 6.73. The maximum Gasteiger partial charge on any atom is 0.243 e. The molecule has 2 N–H and O–H groups in total. The van der Waals surface area contributed by atoms with Crippen LogP contribution in [-0.4, -0.2) is 18.2 Å². The van der Waals surface area contributed by atoms with E-state index >= 15 is 0 Å². The Morgan fingerprint density at radius 3 is 2.45 bits per heavy atom. The molecule has 110 valence electrons. The minimum atomic E-state index is -0.218. The van der Waals surface area contributed by atoms with Gasteiger partial charge in [0.25, 0.3) is 0 Å². The molecule has 0 bridgehead atoms. The number of benzene rings is 2. The molecule has 0 saturated heterocycles. The Labute approximate surface area is 128 Å². The van der Waals surface area contributed by atoms with Crippen LogP contribution in [0.2, 0.25) is 0 Å². The number of anilines is 2. The van der Waals surface area contributed by atoms with E-state index in [1.807, 2.05) is 6.07 Å². The SMILES string of the molecule is CC(=O)c1cccc(NC(=O)CNc2ccc(C#N)cc2)c1. The second-order valence-corrected chi connectivity index (χ2v) is 4.73. The van der Waals surface area contributed by atoms with Gasteiger partial charge in [0.05, 0.1) is 18.2 Å². The third-order valence-electron chi connectivity index (χ3n) is 3.02. The normalized spacial score (nSPS) is 9.64. The minimum absolute atomic E-state index is 0.0493. The molecule has 2 aromatic carbocycles. The van der Waals surface area contributed by atoms with Crippen molar-refractivity contribution in [3.05, 3.63) is 59.7 Å². The summed E-state index contributed by atoms with van der Waals surface area (Å²) in [5.41, 5.74) is 2.46. The average Bonchev–Trinajstić information content (AvgIpc) is 2.53. The van der Waals surface area contributed by atoms with Gasteiger partial charge in [-0.15, -0.1) is 0 Å². The number of carbonyl (C=O) groups excluding carboxylic acids is 2. The van der Waals surface area contributed by atoms with Gasteiger partial charge in [-0.1, -0.05) is 12.1 Å². The summed E-state index contributed by atoms with van der Waals surface area (Å²) in [5.74, 6) is -0.267. The van der Waals surface area contributed by atoms with Crippen molar-refractivity contribution in [1.82, 2.24) is 0 Å². The lowest BCUT2D eigenvalue weighted by molar-refractivity contribution is -0.114. The molecule has 0 atom stereocenters. The highest BCUT2D eigenvalue weighted by molar-refractivity contribution is 5.98. The maximum absolute atomic E-state index is 11.9. The molecule has 0 aromatic heterocycles. The number of hydrogen-bond acceptors (Lipinski definition) is 4. The summed E-state index contributed by atoms with van der Waals surface area (Å²) in [5, 5.41) is 14.4. The number of rotatable bonds is 5. The van der Waals surface area contributed by atoms with Crippen LogP contribution in [0.4, 0.5) is 11.4 Å². The van der Waals surface area contributed by atoms with Crippen molar-refractivity contribution in [2.75, 3.05) is 17.2 Å². The number of hydrogen-bond donors (Lipinski definition) is 2. The van der Waals surface area contributed by atoms with Gasteiger partial charge in [0.1, 0.15) is 0 Å². The van der Waals surface area contributed by atoms with Gasteiger partial charge in [-0.2, -0.15) is 5.26 Å². The largest absolute Gasteiger partial charge is 0.376 e. The summed E-state index contributed by atoms with van der Waals surface area (Å²) >= 11 is 0.